The third kappa shape index (κ3) is 10.3. The van der Waals surface area contributed by atoms with Crippen LogP contribution in [0.25, 0.3) is 66.1 Å². The second-order valence-electron chi connectivity index (χ2n) is 32.6. The first-order valence-electron chi connectivity index (χ1n) is 37.6. The molecule has 8 unspecified atom stereocenters. The van der Waals surface area contributed by atoms with Gasteiger partial charge in [-0.1, -0.05) is 217 Å². The SMILES string of the molecule is CC(C)(C)C1C=C(C2CC=CCC2)C(N2c3cc(-n4c5ccccc5c5ccccc54)ccc3B3c4ccc(-n5c6ccccc6c6ccccc65)cc4N(C4C(C5CC=CCC5)=CC(C(C)(C)C)CC4C4=CCCCC4)c4cc(-c5ccccc5)cc2c43)C(C2=CCCCC2)C1. The summed E-state index contributed by atoms with van der Waals surface area (Å²) in [4.78, 5) is 6.15. The normalized spacial score (nSPS) is 24.2. The predicted molar refractivity (Wildman–Crippen MR) is 414 cm³/mol. The number of nitrogens with zero attached hydrogens (tertiary/aromatic N) is 4. The Morgan fingerprint density at radius 1 is 0.392 bits per heavy atom. The Balaban J connectivity index is 0.987. The third-order valence-corrected chi connectivity index (χ3v) is 25.0. The molecule has 2 aromatic heterocycles. The fraction of sp³-hybridized carbons (Fsp3) is 0.348. The first kappa shape index (κ1) is 60.8. The van der Waals surface area contributed by atoms with E-state index in [0.29, 0.717) is 35.5 Å². The van der Waals surface area contributed by atoms with Crippen LogP contribution in [0.15, 0.2) is 247 Å². The molecule has 0 radical (unpaired) electrons. The minimum atomic E-state index is -0.0571. The van der Waals surface area contributed by atoms with E-state index < -0.39 is 0 Å². The zero-order chi connectivity index (χ0) is 65.3. The summed E-state index contributed by atoms with van der Waals surface area (Å²) < 4.78 is 5.20. The van der Waals surface area contributed by atoms with Gasteiger partial charge in [-0.3, -0.25) is 0 Å². The quantitative estimate of drug-likeness (QED) is 0.106. The van der Waals surface area contributed by atoms with Crippen LogP contribution in [0, 0.1) is 46.3 Å². The lowest BCUT2D eigenvalue weighted by Crippen LogP contribution is -2.65. The van der Waals surface area contributed by atoms with Gasteiger partial charge in [-0.2, -0.15) is 0 Å². The molecule has 8 aliphatic rings. The lowest BCUT2D eigenvalue weighted by atomic mass is 9.33. The highest BCUT2D eigenvalue weighted by Crippen LogP contribution is 2.56. The van der Waals surface area contributed by atoms with Gasteiger partial charge in [0.15, 0.2) is 0 Å². The van der Waals surface area contributed by atoms with Crippen LogP contribution in [0.4, 0.5) is 22.7 Å². The van der Waals surface area contributed by atoms with Crippen molar-refractivity contribution in [1.29, 1.82) is 0 Å². The smallest absolute Gasteiger partial charge is 0.252 e. The van der Waals surface area contributed by atoms with Crippen molar-refractivity contribution >= 4 is 89.5 Å². The molecular formula is C92H95BN4. The Hall–Kier alpha value is -8.54. The Bertz CT molecular complexity index is 4550. The highest BCUT2D eigenvalue weighted by atomic mass is 15.2. The molecule has 8 atom stereocenters. The Morgan fingerprint density at radius 3 is 1.19 bits per heavy atom. The summed E-state index contributed by atoms with van der Waals surface area (Å²) in [5.74, 6) is 2.44. The van der Waals surface area contributed by atoms with Gasteiger partial charge in [-0.25, -0.2) is 0 Å². The van der Waals surface area contributed by atoms with E-state index in [-0.39, 0.29) is 29.6 Å². The van der Waals surface area contributed by atoms with Crippen LogP contribution < -0.4 is 26.2 Å². The second-order valence-corrected chi connectivity index (χ2v) is 32.6. The summed E-state index contributed by atoms with van der Waals surface area (Å²) in [6.45, 7) is 15.2. The number of para-hydroxylation sites is 4. The van der Waals surface area contributed by atoms with Gasteiger partial charge in [0.2, 0.25) is 0 Å². The molecule has 0 bridgehead atoms. The topological polar surface area (TPSA) is 16.3 Å². The molecule has 0 fully saturated rings. The number of rotatable bonds is 9. The Morgan fingerprint density at radius 2 is 0.804 bits per heavy atom. The van der Waals surface area contributed by atoms with E-state index in [0.717, 1.165) is 38.5 Å². The molecule has 0 saturated carbocycles. The molecule has 0 N–H and O–H groups in total. The molecule has 2 aliphatic heterocycles. The van der Waals surface area contributed by atoms with Crippen molar-refractivity contribution < 1.29 is 0 Å². The largest absolute Gasteiger partial charge is 0.334 e. The van der Waals surface area contributed by atoms with Crippen LogP contribution in [0.1, 0.15) is 144 Å². The van der Waals surface area contributed by atoms with Crippen molar-refractivity contribution in [2.24, 2.45) is 46.3 Å². The van der Waals surface area contributed by atoms with E-state index in [1.165, 1.54) is 169 Å². The van der Waals surface area contributed by atoms with Crippen molar-refractivity contribution in [3.8, 4) is 22.5 Å². The van der Waals surface area contributed by atoms with Crippen molar-refractivity contribution in [3.05, 3.63) is 247 Å². The maximum Gasteiger partial charge on any atom is 0.252 e. The highest BCUT2D eigenvalue weighted by molar-refractivity contribution is 7.00. The van der Waals surface area contributed by atoms with Crippen LogP contribution in [0.3, 0.4) is 0 Å². The average molecular weight is 1270 g/mol. The van der Waals surface area contributed by atoms with Gasteiger partial charge in [0, 0.05) is 67.5 Å². The first-order chi connectivity index (χ1) is 47.4. The summed E-state index contributed by atoms with van der Waals surface area (Å²) in [5.41, 5.74) is 26.9. The Labute approximate surface area is 576 Å². The molecular weight excluding hydrogens is 1170 g/mol. The average Bonchev–Trinajstić information content (AvgIpc) is 1.09. The van der Waals surface area contributed by atoms with Crippen molar-refractivity contribution in [2.75, 3.05) is 9.80 Å². The zero-order valence-corrected chi connectivity index (χ0v) is 58.2. The van der Waals surface area contributed by atoms with E-state index in [1.807, 2.05) is 0 Å². The van der Waals surface area contributed by atoms with Gasteiger partial charge in [0.05, 0.1) is 34.2 Å². The third-order valence-electron chi connectivity index (χ3n) is 25.0. The zero-order valence-electron chi connectivity index (χ0n) is 58.2. The second kappa shape index (κ2) is 24.2. The van der Waals surface area contributed by atoms with Crippen LogP contribution >= 0.6 is 0 Å². The first-order valence-corrected chi connectivity index (χ1v) is 37.6. The van der Waals surface area contributed by atoms with Crippen LogP contribution in [0.2, 0.25) is 0 Å². The molecule has 4 heterocycles. The van der Waals surface area contributed by atoms with E-state index in [4.69, 9.17) is 0 Å². The van der Waals surface area contributed by atoms with Crippen LogP contribution in [-0.4, -0.2) is 27.9 Å². The van der Waals surface area contributed by atoms with Gasteiger partial charge in [-0.05, 0) is 237 Å². The van der Waals surface area contributed by atoms with E-state index in [9.17, 15) is 0 Å². The number of aromatic nitrogens is 2. The van der Waals surface area contributed by atoms with E-state index in [1.54, 1.807) is 22.3 Å². The van der Waals surface area contributed by atoms with E-state index in [2.05, 4.69) is 285 Å². The maximum absolute atomic E-state index is 3.08. The van der Waals surface area contributed by atoms with E-state index >= 15 is 0 Å². The number of benzene rings is 8. The highest BCUT2D eigenvalue weighted by Gasteiger charge is 2.53. The van der Waals surface area contributed by atoms with Gasteiger partial charge in [-0.15, -0.1) is 0 Å². The molecule has 97 heavy (non-hydrogen) atoms. The van der Waals surface area contributed by atoms with Gasteiger partial charge in [0.1, 0.15) is 0 Å². The summed E-state index contributed by atoms with van der Waals surface area (Å²) in [5, 5.41) is 5.19. The molecule has 0 spiro atoms. The van der Waals surface area contributed by atoms with Gasteiger partial charge in [0.25, 0.3) is 6.71 Å². The lowest BCUT2D eigenvalue weighted by molar-refractivity contribution is 0.220. The minimum Gasteiger partial charge on any atom is -0.334 e. The van der Waals surface area contributed by atoms with Gasteiger partial charge >= 0.3 is 0 Å². The summed E-state index contributed by atoms with van der Waals surface area (Å²) >= 11 is 0. The maximum atomic E-state index is 3.08. The van der Waals surface area contributed by atoms with Crippen LogP contribution in [0.5, 0.6) is 0 Å². The summed E-state index contributed by atoms with van der Waals surface area (Å²) in [6.07, 6.45) is 40.2. The fourth-order valence-corrected chi connectivity index (χ4v) is 20.1. The summed E-state index contributed by atoms with van der Waals surface area (Å²) in [7, 11) is 0. The fourth-order valence-electron chi connectivity index (χ4n) is 20.1. The van der Waals surface area contributed by atoms with Gasteiger partial charge < -0.3 is 18.9 Å². The molecule has 0 saturated heterocycles. The molecule has 0 amide bonds. The monoisotopic (exact) mass is 1270 g/mol. The minimum absolute atomic E-state index is 0.0571. The number of hydrogen-bond acceptors (Lipinski definition) is 2. The Kier molecular flexibility index (Phi) is 15.2. The number of fused-ring (bicyclic) bond motifs is 10. The van der Waals surface area contributed by atoms with Crippen molar-refractivity contribution in [1.82, 2.24) is 9.13 Å². The molecule has 5 heteroatoms. The lowest BCUT2D eigenvalue weighted by Gasteiger charge is -2.55. The van der Waals surface area contributed by atoms with Crippen molar-refractivity contribution in [2.45, 2.75) is 156 Å². The van der Waals surface area contributed by atoms with Crippen molar-refractivity contribution in [3.63, 3.8) is 0 Å². The number of hydrogen-bond donors (Lipinski definition) is 0. The molecule has 6 aliphatic carbocycles. The molecule has 10 aromatic rings. The van der Waals surface area contributed by atoms with Crippen LogP contribution in [-0.2, 0) is 0 Å². The summed E-state index contributed by atoms with van der Waals surface area (Å²) in [6, 6.07) is 69.6. The molecule has 486 valence electrons. The molecule has 4 nitrogen and oxygen atoms in total. The number of anilines is 4. The predicted octanol–water partition coefficient (Wildman–Crippen LogP) is 22.6. The molecule has 8 aromatic carbocycles. The standard InChI is InChI=1S/C92H95BN4/c1-91(2,3)66-54-74(61-32-14-8-15-33-61)89(75(55-66)62-34-16-9-17-35-62)96-84-58-68(94-80-44-26-22-40-70(80)71-41-23-27-45-81(71)94)48-50-78(84)93-79-51-49-69(95-82-46-28-24-42-72(82)73-43-25-29-47-83(73)95)59-85(79)97(87-53-65(52-86(96)88(87)93)60-30-12-7-13-31-60)90-76(63-36-18-10-19-37-63)56-67(92(4,5)6)57-77(90)64-38-20-11-21-39-64/h7-8,10,12-14,18,22-31,34,38,40-54,56,58-59,61,63,66-67,75,77,89-90H,9,11,15-17,19-21,32-33,35-37,39,55,57H2,1-6H3. The molecule has 18 rings (SSSR count). The number of allylic oxidation sites excluding steroid dienone is 8.